The van der Waals surface area contributed by atoms with E-state index in [-0.39, 0.29) is 12.8 Å². The highest BCUT2D eigenvalue weighted by Crippen LogP contribution is 2.40. The normalized spacial score (nSPS) is 14.0. The van der Waals surface area contributed by atoms with Gasteiger partial charge in [-0.2, -0.15) is 0 Å². The summed E-state index contributed by atoms with van der Waals surface area (Å²) in [5.74, 6) is 1.56. The van der Waals surface area contributed by atoms with Gasteiger partial charge in [-0.1, -0.05) is 49.4 Å². The first kappa shape index (κ1) is 18.8. The van der Waals surface area contributed by atoms with Crippen molar-refractivity contribution in [3.05, 3.63) is 84.4 Å². The quantitative estimate of drug-likeness (QED) is 0.610. The number of nitrogens with one attached hydrogen (secondary N) is 1. The van der Waals surface area contributed by atoms with Crippen LogP contribution in [-0.4, -0.2) is 12.8 Å². The molecule has 4 rings (SSSR count). The van der Waals surface area contributed by atoms with Crippen molar-refractivity contribution in [1.29, 1.82) is 0 Å². The molecule has 0 fully saturated rings. The summed E-state index contributed by atoms with van der Waals surface area (Å²) < 4.78 is 25.1. The van der Waals surface area contributed by atoms with Crippen LogP contribution in [0, 0.1) is 0 Å². The highest BCUT2D eigenvalue weighted by atomic mass is 31.2. The SMILES string of the molecule is CCC(Cc1ccc2c(c1)OCO2)NP(=O)(c1ccccc1)c1ccccc1. The summed E-state index contributed by atoms with van der Waals surface area (Å²) in [5.41, 5.74) is 1.14. The molecular weight excluding hydrogens is 369 g/mol. The lowest BCUT2D eigenvalue weighted by atomic mass is 10.0. The van der Waals surface area contributed by atoms with Crippen molar-refractivity contribution in [2.24, 2.45) is 0 Å². The van der Waals surface area contributed by atoms with Crippen molar-refractivity contribution < 1.29 is 14.0 Å². The maximum atomic E-state index is 14.2. The minimum atomic E-state index is -2.96. The molecule has 0 aliphatic carbocycles. The summed E-state index contributed by atoms with van der Waals surface area (Å²) in [6, 6.07) is 25.5. The van der Waals surface area contributed by atoms with Gasteiger partial charge in [0.05, 0.1) is 0 Å². The molecule has 0 amide bonds. The number of fused-ring (bicyclic) bond motifs is 1. The molecule has 1 aliphatic heterocycles. The fourth-order valence-electron chi connectivity index (χ4n) is 3.46. The van der Waals surface area contributed by atoms with Crippen molar-refractivity contribution in [3.63, 3.8) is 0 Å². The first-order valence-electron chi connectivity index (χ1n) is 9.56. The predicted octanol–water partition coefficient (Wildman–Crippen LogP) is 4.26. The molecule has 28 heavy (non-hydrogen) atoms. The Labute approximate surface area is 165 Å². The van der Waals surface area contributed by atoms with Crippen LogP contribution in [0.15, 0.2) is 78.9 Å². The average Bonchev–Trinajstić information content (AvgIpc) is 3.22. The molecule has 1 heterocycles. The van der Waals surface area contributed by atoms with Crippen molar-refractivity contribution in [3.8, 4) is 11.5 Å². The number of hydrogen-bond acceptors (Lipinski definition) is 3. The predicted molar refractivity (Wildman–Crippen MR) is 113 cm³/mol. The zero-order valence-electron chi connectivity index (χ0n) is 15.9. The second-order valence-electron chi connectivity index (χ2n) is 6.91. The van der Waals surface area contributed by atoms with Crippen LogP contribution in [0.25, 0.3) is 0 Å². The Morgan fingerprint density at radius 3 is 2.11 bits per heavy atom. The van der Waals surface area contributed by atoms with Crippen LogP contribution in [-0.2, 0) is 11.0 Å². The van der Waals surface area contributed by atoms with Crippen molar-refractivity contribution in [1.82, 2.24) is 5.09 Å². The van der Waals surface area contributed by atoms with E-state index in [0.717, 1.165) is 40.5 Å². The van der Waals surface area contributed by atoms with Gasteiger partial charge in [0, 0.05) is 16.7 Å². The van der Waals surface area contributed by atoms with E-state index in [1.54, 1.807) is 0 Å². The fourth-order valence-corrected chi connectivity index (χ4v) is 6.03. The van der Waals surface area contributed by atoms with Gasteiger partial charge in [0.2, 0.25) is 14.1 Å². The summed E-state index contributed by atoms with van der Waals surface area (Å²) in [6.07, 6.45) is 1.62. The van der Waals surface area contributed by atoms with E-state index in [2.05, 4.69) is 12.0 Å². The second kappa shape index (κ2) is 8.22. The van der Waals surface area contributed by atoms with E-state index >= 15 is 0 Å². The molecule has 0 aromatic heterocycles. The van der Waals surface area contributed by atoms with E-state index in [9.17, 15) is 4.57 Å². The molecule has 3 aromatic rings. The van der Waals surface area contributed by atoms with Gasteiger partial charge in [-0.25, -0.2) is 0 Å². The molecule has 1 aliphatic rings. The van der Waals surface area contributed by atoms with Crippen LogP contribution in [0.3, 0.4) is 0 Å². The third-order valence-corrected chi connectivity index (χ3v) is 7.80. The summed E-state index contributed by atoms with van der Waals surface area (Å²) in [4.78, 5) is 0. The molecule has 0 saturated heterocycles. The van der Waals surface area contributed by atoms with Gasteiger partial charge >= 0.3 is 0 Å². The van der Waals surface area contributed by atoms with Gasteiger partial charge in [0.25, 0.3) is 0 Å². The Balaban J connectivity index is 1.63. The van der Waals surface area contributed by atoms with E-state index in [1.165, 1.54) is 0 Å². The van der Waals surface area contributed by atoms with Crippen LogP contribution in [0.2, 0.25) is 0 Å². The first-order chi connectivity index (χ1) is 13.7. The molecule has 1 atom stereocenters. The largest absolute Gasteiger partial charge is 0.454 e. The van der Waals surface area contributed by atoms with E-state index in [0.29, 0.717) is 0 Å². The average molecular weight is 393 g/mol. The molecule has 1 N–H and O–H groups in total. The van der Waals surface area contributed by atoms with Crippen LogP contribution in [0.4, 0.5) is 0 Å². The van der Waals surface area contributed by atoms with Gasteiger partial charge in [-0.15, -0.1) is 0 Å². The monoisotopic (exact) mass is 393 g/mol. The van der Waals surface area contributed by atoms with Gasteiger partial charge in [-0.05, 0) is 54.8 Å². The van der Waals surface area contributed by atoms with Crippen LogP contribution >= 0.6 is 7.29 Å². The number of benzene rings is 3. The van der Waals surface area contributed by atoms with Gasteiger partial charge in [-0.3, -0.25) is 9.65 Å². The molecule has 0 spiro atoms. The lowest BCUT2D eigenvalue weighted by Crippen LogP contribution is -2.36. The van der Waals surface area contributed by atoms with E-state index in [1.807, 2.05) is 78.9 Å². The maximum absolute atomic E-state index is 14.2. The standard InChI is InChI=1S/C23H24NO3P/c1-2-19(15-18-13-14-22-23(16-18)27-17-26-22)24-28(25,20-9-5-3-6-10-20)21-11-7-4-8-12-21/h3-14,16,19H,2,15,17H2,1H3,(H,24,25). The number of hydrogen-bond donors (Lipinski definition) is 1. The van der Waals surface area contributed by atoms with Gasteiger partial charge in [0.15, 0.2) is 11.5 Å². The third kappa shape index (κ3) is 3.84. The molecule has 0 bridgehead atoms. The Kier molecular flexibility index (Phi) is 5.52. The molecule has 3 aromatic carbocycles. The summed E-state index contributed by atoms with van der Waals surface area (Å²) in [7, 11) is -2.96. The highest BCUT2D eigenvalue weighted by Gasteiger charge is 2.29. The molecule has 144 valence electrons. The zero-order chi connectivity index (χ0) is 19.4. The van der Waals surface area contributed by atoms with Crippen LogP contribution < -0.4 is 25.2 Å². The van der Waals surface area contributed by atoms with Crippen molar-refractivity contribution in [2.75, 3.05) is 6.79 Å². The molecular formula is C23H24NO3P. The minimum Gasteiger partial charge on any atom is -0.454 e. The summed E-state index contributed by atoms with van der Waals surface area (Å²) in [6.45, 7) is 2.39. The summed E-state index contributed by atoms with van der Waals surface area (Å²) in [5, 5.41) is 5.16. The Morgan fingerprint density at radius 2 is 1.50 bits per heavy atom. The fraction of sp³-hybridized carbons (Fsp3) is 0.217. The van der Waals surface area contributed by atoms with E-state index in [4.69, 9.17) is 9.47 Å². The lowest BCUT2D eigenvalue weighted by molar-refractivity contribution is 0.174. The number of ether oxygens (including phenoxy) is 2. The molecule has 4 nitrogen and oxygen atoms in total. The summed E-state index contributed by atoms with van der Waals surface area (Å²) >= 11 is 0. The highest BCUT2D eigenvalue weighted by molar-refractivity contribution is 7.76. The smallest absolute Gasteiger partial charge is 0.231 e. The van der Waals surface area contributed by atoms with Crippen LogP contribution in [0.5, 0.6) is 11.5 Å². The van der Waals surface area contributed by atoms with E-state index < -0.39 is 7.29 Å². The Hall–Kier alpha value is -2.55. The van der Waals surface area contributed by atoms with Crippen LogP contribution in [0.1, 0.15) is 18.9 Å². The molecule has 5 heteroatoms. The Bertz CT molecular complexity index is 932. The maximum Gasteiger partial charge on any atom is 0.231 e. The molecule has 0 radical (unpaired) electrons. The lowest BCUT2D eigenvalue weighted by Gasteiger charge is -2.26. The second-order valence-corrected chi connectivity index (χ2v) is 9.42. The van der Waals surface area contributed by atoms with Crippen molar-refractivity contribution >= 4 is 17.9 Å². The Morgan fingerprint density at radius 1 is 0.893 bits per heavy atom. The third-order valence-electron chi connectivity index (χ3n) is 5.02. The molecule has 0 saturated carbocycles. The number of rotatable bonds is 7. The molecule has 1 unspecified atom stereocenters. The minimum absolute atomic E-state index is 0.0617. The zero-order valence-corrected chi connectivity index (χ0v) is 16.8. The first-order valence-corrected chi connectivity index (χ1v) is 11.3. The van der Waals surface area contributed by atoms with Gasteiger partial charge in [0.1, 0.15) is 0 Å². The topological polar surface area (TPSA) is 47.6 Å². The van der Waals surface area contributed by atoms with Gasteiger partial charge < -0.3 is 9.47 Å². The van der Waals surface area contributed by atoms with Crippen molar-refractivity contribution in [2.45, 2.75) is 25.8 Å².